The minimum atomic E-state index is 0.407. The van der Waals surface area contributed by atoms with Gasteiger partial charge in [0.15, 0.2) is 18.5 Å². The van der Waals surface area contributed by atoms with E-state index in [1.165, 1.54) is 0 Å². The van der Waals surface area contributed by atoms with Gasteiger partial charge >= 0.3 is 0 Å². The number of rotatable bonds is 0. The molecule has 1 aliphatic rings. The normalized spacial score (nSPS) is 15.2. The summed E-state index contributed by atoms with van der Waals surface area (Å²) in [5.74, 6) is 1.49. The Bertz CT molecular complexity index is 262. The van der Waals surface area contributed by atoms with Crippen molar-refractivity contribution >= 4 is 11.8 Å². The zero-order chi connectivity index (χ0) is 6.97. The lowest BCUT2D eigenvalue weighted by Crippen LogP contribution is -2.31. The fraction of sp³-hybridized carbons (Fsp3) is 0.286. The first-order chi connectivity index (χ1) is 4.88. The third-order valence-corrected chi connectivity index (χ3v) is 2.67. The van der Waals surface area contributed by atoms with Crippen molar-refractivity contribution in [1.29, 1.82) is 0 Å². The van der Waals surface area contributed by atoms with Crippen LogP contribution in [0.3, 0.4) is 0 Å². The van der Waals surface area contributed by atoms with Gasteiger partial charge in [-0.05, 0) is 17.8 Å². The van der Waals surface area contributed by atoms with Crippen molar-refractivity contribution in [2.24, 2.45) is 0 Å². The first-order valence-corrected chi connectivity index (χ1v) is 4.21. The van der Waals surface area contributed by atoms with Crippen LogP contribution in [-0.2, 0) is 6.54 Å². The van der Waals surface area contributed by atoms with Crippen LogP contribution in [0.4, 0.5) is 0 Å². The second-order valence-corrected chi connectivity index (χ2v) is 3.32. The minimum absolute atomic E-state index is 0.407. The Balaban J connectivity index is 2.59. The topological polar surface area (TPSA) is 24.1 Å². The molecule has 1 aromatic rings. The molecule has 2 heterocycles. The van der Waals surface area contributed by atoms with Gasteiger partial charge < -0.3 is 5.11 Å². The molecule has 0 saturated carbocycles. The van der Waals surface area contributed by atoms with E-state index in [2.05, 4.69) is 4.57 Å². The fourth-order valence-electron chi connectivity index (χ4n) is 1.10. The third kappa shape index (κ3) is 0.778. The Morgan fingerprint density at radius 2 is 2.50 bits per heavy atom. The van der Waals surface area contributed by atoms with Gasteiger partial charge in [0.05, 0.1) is 5.75 Å². The van der Waals surface area contributed by atoms with Crippen LogP contribution in [-0.4, -0.2) is 10.9 Å². The molecule has 0 bridgehead atoms. The highest BCUT2D eigenvalue weighted by Gasteiger charge is 2.22. The molecule has 0 amide bonds. The highest BCUT2D eigenvalue weighted by Crippen LogP contribution is 2.27. The Kier molecular flexibility index (Phi) is 1.31. The Hall–Kier alpha value is -0.700. The van der Waals surface area contributed by atoms with Crippen molar-refractivity contribution in [1.82, 2.24) is 0 Å². The fourth-order valence-corrected chi connectivity index (χ4v) is 2.11. The summed E-state index contributed by atoms with van der Waals surface area (Å²) < 4.78 is 2.07. The summed E-state index contributed by atoms with van der Waals surface area (Å²) in [6.45, 7) is 1.02. The standard InChI is InChI=1S/C7H7NOS/c9-6-2-1-3-8-4-5-10-7(6)8/h1-3H,4-5H2/p+1. The van der Waals surface area contributed by atoms with Crippen molar-refractivity contribution in [2.45, 2.75) is 11.6 Å². The Labute approximate surface area is 63.5 Å². The van der Waals surface area contributed by atoms with Gasteiger partial charge in [0.1, 0.15) is 0 Å². The van der Waals surface area contributed by atoms with E-state index >= 15 is 0 Å². The molecular formula is C7H8NOS+. The lowest BCUT2D eigenvalue weighted by molar-refractivity contribution is -0.723. The van der Waals surface area contributed by atoms with E-state index in [4.69, 9.17) is 0 Å². The monoisotopic (exact) mass is 154 g/mol. The van der Waals surface area contributed by atoms with Crippen molar-refractivity contribution in [3.63, 3.8) is 0 Å². The maximum Gasteiger partial charge on any atom is 0.282 e. The lowest BCUT2D eigenvalue weighted by Gasteiger charge is -1.91. The SMILES string of the molecule is Oc1ccc[n+]2c1SCC2. The van der Waals surface area contributed by atoms with Crippen molar-refractivity contribution < 1.29 is 9.67 Å². The van der Waals surface area contributed by atoms with E-state index in [0.717, 1.165) is 17.3 Å². The Morgan fingerprint density at radius 1 is 1.60 bits per heavy atom. The quantitative estimate of drug-likeness (QED) is 0.558. The first-order valence-electron chi connectivity index (χ1n) is 3.22. The van der Waals surface area contributed by atoms with Crippen molar-refractivity contribution in [2.75, 3.05) is 5.75 Å². The largest absolute Gasteiger partial charge is 0.502 e. The molecule has 2 nitrogen and oxygen atoms in total. The van der Waals surface area contributed by atoms with Gasteiger partial charge in [-0.15, -0.1) is 0 Å². The van der Waals surface area contributed by atoms with E-state index in [9.17, 15) is 5.11 Å². The van der Waals surface area contributed by atoms with Crippen LogP contribution in [0.5, 0.6) is 5.75 Å². The molecule has 1 aromatic heterocycles. The number of thioether (sulfide) groups is 1. The van der Waals surface area contributed by atoms with Gasteiger partial charge in [-0.2, -0.15) is 4.57 Å². The number of hydrogen-bond acceptors (Lipinski definition) is 2. The average molecular weight is 154 g/mol. The van der Waals surface area contributed by atoms with Crippen LogP contribution < -0.4 is 4.57 Å². The number of nitrogens with zero attached hydrogens (tertiary/aromatic N) is 1. The lowest BCUT2D eigenvalue weighted by atomic mass is 10.4. The van der Waals surface area contributed by atoms with E-state index in [-0.39, 0.29) is 0 Å². The van der Waals surface area contributed by atoms with Crippen LogP contribution in [0.2, 0.25) is 0 Å². The molecule has 0 spiro atoms. The van der Waals surface area contributed by atoms with Crippen molar-refractivity contribution in [3.05, 3.63) is 18.3 Å². The molecule has 3 heteroatoms. The molecule has 0 saturated heterocycles. The molecule has 0 fully saturated rings. The van der Waals surface area contributed by atoms with Gasteiger partial charge in [0.2, 0.25) is 0 Å². The summed E-state index contributed by atoms with van der Waals surface area (Å²) >= 11 is 1.71. The van der Waals surface area contributed by atoms with Gasteiger partial charge in [-0.25, -0.2) is 0 Å². The van der Waals surface area contributed by atoms with Gasteiger partial charge in [0.25, 0.3) is 5.03 Å². The summed E-state index contributed by atoms with van der Waals surface area (Å²) in [5, 5.41) is 10.3. The predicted octanol–water partition coefficient (Wildman–Crippen LogP) is 0.785. The number of fused-ring (bicyclic) bond motifs is 1. The minimum Gasteiger partial charge on any atom is -0.502 e. The maximum atomic E-state index is 9.29. The summed E-state index contributed by atoms with van der Waals surface area (Å²) in [6, 6.07) is 3.59. The number of hydrogen-bond donors (Lipinski definition) is 1. The number of aryl methyl sites for hydroxylation is 1. The predicted molar refractivity (Wildman–Crippen MR) is 39.0 cm³/mol. The summed E-state index contributed by atoms with van der Waals surface area (Å²) in [4.78, 5) is 0. The smallest absolute Gasteiger partial charge is 0.282 e. The zero-order valence-corrected chi connectivity index (χ0v) is 6.27. The van der Waals surface area contributed by atoms with Gasteiger partial charge in [0, 0.05) is 6.07 Å². The third-order valence-electron chi connectivity index (χ3n) is 1.57. The maximum absolute atomic E-state index is 9.29. The summed E-state index contributed by atoms with van der Waals surface area (Å²) in [7, 11) is 0. The van der Waals surface area contributed by atoms with Gasteiger partial charge in [-0.3, -0.25) is 0 Å². The summed E-state index contributed by atoms with van der Waals surface area (Å²) in [5.41, 5.74) is 0. The molecular weight excluding hydrogens is 146 g/mol. The number of pyridine rings is 1. The van der Waals surface area contributed by atoms with Crippen LogP contribution in [0, 0.1) is 0 Å². The molecule has 0 aromatic carbocycles. The van der Waals surface area contributed by atoms with E-state index in [1.54, 1.807) is 17.8 Å². The van der Waals surface area contributed by atoms with E-state index in [1.807, 2.05) is 12.3 Å². The first kappa shape index (κ1) is 6.04. The molecule has 0 atom stereocenters. The van der Waals surface area contributed by atoms with Crippen LogP contribution in [0.15, 0.2) is 23.4 Å². The Morgan fingerprint density at radius 3 is 3.30 bits per heavy atom. The molecule has 0 aliphatic carbocycles. The second-order valence-electron chi connectivity index (χ2n) is 2.24. The molecule has 1 aliphatic heterocycles. The van der Waals surface area contributed by atoms with Crippen LogP contribution in [0.1, 0.15) is 0 Å². The summed E-state index contributed by atoms with van der Waals surface area (Å²) in [6.07, 6.45) is 2.00. The molecule has 1 N–H and O–H groups in total. The highest BCUT2D eigenvalue weighted by molar-refractivity contribution is 7.99. The molecule has 10 heavy (non-hydrogen) atoms. The average Bonchev–Trinajstić information content (AvgIpc) is 2.36. The van der Waals surface area contributed by atoms with Crippen molar-refractivity contribution in [3.8, 4) is 5.75 Å². The number of aromatic hydroxyl groups is 1. The van der Waals surface area contributed by atoms with Crippen LogP contribution in [0.25, 0.3) is 0 Å². The molecule has 2 rings (SSSR count). The second kappa shape index (κ2) is 2.16. The number of aromatic nitrogens is 1. The zero-order valence-electron chi connectivity index (χ0n) is 5.45. The molecule has 0 unspecified atom stereocenters. The molecule has 52 valence electrons. The van der Waals surface area contributed by atoms with Crippen LogP contribution >= 0.6 is 11.8 Å². The van der Waals surface area contributed by atoms with Gasteiger partial charge in [-0.1, -0.05) is 0 Å². The van der Waals surface area contributed by atoms with E-state index in [0.29, 0.717) is 5.75 Å². The van der Waals surface area contributed by atoms with E-state index < -0.39 is 0 Å². The molecule has 0 radical (unpaired) electrons. The highest BCUT2D eigenvalue weighted by atomic mass is 32.2.